The van der Waals surface area contributed by atoms with E-state index in [1.165, 1.54) is 0 Å². The molecule has 1 heterocycles. The SMILES string of the molecule is CCOC(=O)CNCc1ncc(-c2cccc(Cl)c2)c(C2CC2)c1O. The minimum atomic E-state index is -0.319. The fourth-order valence-electron chi connectivity index (χ4n) is 2.85. The summed E-state index contributed by atoms with van der Waals surface area (Å²) in [7, 11) is 0. The first kappa shape index (κ1) is 17.7. The lowest BCUT2D eigenvalue weighted by atomic mass is 9.97. The minimum Gasteiger partial charge on any atom is -0.506 e. The summed E-state index contributed by atoms with van der Waals surface area (Å²) in [6.07, 6.45) is 3.89. The van der Waals surface area contributed by atoms with Crippen LogP contribution in [0.3, 0.4) is 0 Å². The van der Waals surface area contributed by atoms with Crippen LogP contribution in [0.1, 0.15) is 36.9 Å². The summed E-state index contributed by atoms with van der Waals surface area (Å²) >= 11 is 6.10. The predicted octanol–water partition coefficient (Wildman–Crippen LogP) is 3.64. The maximum absolute atomic E-state index is 11.4. The first-order chi connectivity index (χ1) is 12.1. The number of carbonyl (C=O) groups is 1. The van der Waals surface area contributed by atoms with Crippen LogP contribution in [-0.4, -0.2) is 29.2 Å². The molecule has 0 amide bonds. The lowest BCUT2D eigenvalue weighted by Crippen LogP contribution is -2.24. The van der Waals surface area contributed by atoms with Gasteiger partial charge in [0.15, 0.2) is 0 Å². The van der Waals surface area contributed by atoms with E-state index in [1.54, 1.807) is 13.1 Å². The molecule has 0 unspecified atom stereocenters. The van der Waals surface area contributed by atoms with Crippen LogP contribution in [0.25, 0.3) is 11.1 Å². The van der Waals surface area contributed by atoms with Crippen molar-refractivity contribution in [2.75, 3.05) is 13.2 Å². The monoisotopic (exact) mass is 360 g/mol. The van der Waals surface area contributed by atoms with E-state index < -0.39 is 0 Å². The maximum atomic E-state index is 11.4. The van der Waals surface area contributed by atoms with Crippen LogP contribution < -0.4 is 5.32 Å². The summed E-state index contributed by atoms with van der Waals surface area (Å²) in [5.41, 5.74) is 3.32. The third kappa shape index (κ3) is 4.30. The number of halogens is 1. The Morgan fingerprint density at radius 1 is 1.44 bits per heavy atom. The Balaban J connectivity index is 1.83. The van der Waals surface area contributed by atoms with Crippen molar-refractivity contribution in [3.8, 4) is 16.9 Å². The summed E-state index contributed by atoms with van der Waals surface area (Å²) in [6.45, 7) is 2.51. The number of rotatable bonds is 7. The molecule has 0 aliphatic heterocycles. The molecule has 132 valence electrons. The Labute approximate surface area is 152 Å². The molecule has 1 aliphatic rings. The number of aromatic hydroxyl groups is 1. The highest BCUT2D eigenvalue weighted by molar-refractivity contribution is 6.30. The fourth-order valence-corrected chi connectivity index (χ4v) is 3.04. The second-order valence-corrected chi connectivity index (χ2v) is 6.51. The molecule has 0 atom stereocenters. The van der Waals surface area contributed by atoms with Crippen molar-refractivity contribution in [1.29, 1.82) is 0 Å². The number of nitrogens with zero attached hydrogens (tertiary/aromatic N) is 1. The quantitative estimate of drug-likeness (QED) is 0.737. The van der Waals surface area contributed by atoms with Crippen molar-refractivity contribution in [2.24, 2.45) is 0 Å². The number of pyridine rings is 1. The van der Waals surface area contributed by atoms with Crippen molar-refractivity contribution in [3.05, 3.63) is 46.7 Å². The number of carbonyl (C=O) groups excluding carboxylic acids is 1. The number of ether oxygens (including phenoxy) is 1. The Hall–Kier alpha value is -2.11. The first-order valence-corrected chi connectivity index (χ1v) is 8.81. The van der Waals surface area contributed by atoms with E-state index in [4.69, 9.17) is 16.3 Å². The summed E-state index contributed by atoms with van der Waals surface area (Å²) in [4.78, 5) is 15.8. The second kappa shape index (κ2) is 7.85. The molecule has 2 aromatic rings. The number of nitrogens with one attached hydrogen (secondary N) is 1. The van der Waals surface area contributed by atoms with Gasteiger partial charge in [-0.2, -0.15) is 0 Å². The van der Waals surface area contributed by atoms with Crippen LogP contribution in [-0.2, 0) is 16.1 Å². The Morgan fingerprint density at radius 2 is 2.24 bits per heavy atom. The number of benzene rings is 1. The van der Waals surface area contributed by atoms with E-state index >= 15 is 0 Å². The van der Waals surface area contributed by atoms with Crippen molar-refractivity contribution >= 4 is 17.6 Å². The van der Waals surface area contributed by atoms with E-state index in [0.717, 1.165) is 29.5 Å². The van der Waals surface area contributed by atoms with E-state index in [1.807, 2.05) is 24.3 Å². The first-order valence-electron chi connectivity index (χ1n) is 8.43. The average molecular weight is 361 g/mol. The largest absolute Gasteiger partial charge is 0.506 e. The third-order valence-corrected chi connectivity index (χ3v) is 4.39. The zero-order chi connectivity index (χ0) is 17.8. The highest BCUT2D eigenvalue weighted by atomic mass is 35.5. The molecule has 3 rings (SSSR count). The molecule has 0 bridgehead atoms. The molecule has 5 nitrogen and oxygen atoms in total. The van der Waals surface area contributed by atoms with Crippen molar-refractivity contribution < 1.29 is 14.6 Å². The average Bonchev–Trinajstić information content (AvgIpc) is 3.41. The van der Waals surface area contributed by atoms with E-state index in [2.05, 4.69) is 10.3 Å². The summed E-state index contributed by atoms with van der Waals surface area (Å²) < 4.78 is 4.87. The Bertz CT molecular complexity index is 775. The van der Waals surface area contributed by atoms with Crippen LogP contribution in [0.15, 0.2) is 30.5 Å². The lowest BCUT2D eigenvalue weighted by Gasteiger charge is -2.14. The van der Waals surface area contributed by atoms with Gasteiger partial charge in [0.05, 0.1) is 18.8 Å². The molecule has 0 radical (unpaired) electrons. The smallest absolute Gasteiger partial charge is 0.319 e. The highest BCUT2D eigenvalue weighted by Crippen LogP contribution is 2.49. The van der Waals surface area contributed by atoms with Gasteiger partial charge in [-0.25, -0.2) is 0 Å². The van der Waals surface area contributed by atoms with Gasteiger partial charge in [0.2, 0.25) is 0 Å². The molecule has 6 heteroatoms. The van der Waals surface area contributed by atoms with Gasteiger partial charge in [-0.3, -0.25) is 9.78 Å². The fraction of sp³-hybridized carbons (Fsp3) is 0.368. The standard InChI is InChI=1S/C19H21ClN2O3/c1-2-25-17(23)11-21-10-16-19(24)18(12-6-7-12)15(9-22-16)13-4-3-5-14(20)8-13/h3-5,8-9,12,21,24H,2,6-7,10-11H2,1H3. The van der Waals surface area contributed by atoms with Crippen molar-refractivity contribution in [3.63, 3.8) is 0 Å². The maximum Gasteiger partial charge on any atom is 0.319 e. The summed E-state index contributed by atoms with van der Waals surface area (Å²) in [5.74, 6) is 0.233. The number of aromatic nitrogens is 1. The number of hydrogen-bond acceptors (Lipinski definition) is 5. The van der Waals surface area contributed by atoms with Crippen LogP contribution in [0, 0.1) is 0 Å². The molecule has 1 aliphatic carbocycles. The Kier molecular flexibility index (Phi) is 5.56. The zero-order valence-corrected chi connectivity index (χ0v) is 14.8. The Morgan fingerprint density at radius 3 is 2.92 bits per heavy atom. The van der Waals surface area contributed by atoms with Crippen LogP contribution in [0.4, 0.5) is 0 Å². The van der Waals surface area contributed by atoms with Crippen LogP contribution >= 0.6 is 11.6 Å². The van der Waals surface area contributed by atoms with Gasteiger partial charge in [-0.15, -0.1) is 0 Å². The van der Waals surface area contributed by atoms with E-state index in [-0.39, 0.29) is 18.3 Å². The highest BCUT2D eigenvalue weighted by Gasteiger charge is 2.31. The van der Waals surface area contributed by atoms with E-state index in [9.17, 15) is 9.90 Å². The summed E-state index contributed by atoms with van der Waals surface area (Å²) in [5, 5.41) is 14.3. The van der Waals surface area contributed by atoms with Crippen molar-refractivity contribution in [2.45, 2.75) is 32.2 Å². The molecule has 1 aromatic heterocycles. The molecule has 0 spiro atoms. The molecular formula is C19H21ClN2O3. The number of esters is 1. The molecule has 1 saturated carbocycles. The third-order valence-electron chi connectivity index (χ3n) is 4.16. The molecule has 0 saturated heterocycles. The van der Waals surface area contributed by atoms with Crippen LogP contribution in [0.2, 0.25) is 5.02 Å². The second-order valence-electron chi connectivity index (χ2n) is 6.07. The molecule has 1 aromatic carbocycles. The van der Waals surface area contributed by atoms with Gasteiger partial charge in [-0.05, 0) is 43.4 Å². The van der Waals surface area contributed by atoms with Gasteiger partial charge in [0, 0.05) is 28.9 Å². The topological polar surface area (TPSA) is 71.5 Å². The van der Waals surface area contributed by atoms with Crippen molar-refractivity contribution in [1.82, 2.24) is 10.3 Å². The molecule has 2 N–H and O–H groups in total. The van der Waals surface area contributed by atoms with Gasteiger partial charge < -0.3 is 15.2 Å². The van der Waals surface area contributed by atoms with Gasteiger partial charge >= 0.3 is 5.97 Å². The van der Waals surface area contributed by atoms with E-state index in [0.29, 0.717) is 29.8 Å². The summed E-state index contributed by atoms with van der Waals surface area (Å²) in [6, 6.07) is 7.55. The van der Waals surface area contributed by atoms with Gasteiger partial charge in [0.25, 0.3) is 0 Å². The van der Waals surface area contributed by atoms with Crippen LogP contribution in [0.5, 0.6) is 5.75 Å². The predicted molar refractivity (Wildman–Crippen MR) is 96.7 cm³/mol. The minimum absolute atomic E-state index is 0.0871. The molecule has 25 heavy (non-hydrogen) atoms. The molecule has 1 fully saturated rings. The normalized spacial score (nSPS) is 13.7. The lowest BCUT2D eigenvalue weighted by molar-refractivity contribution is -0.142. The molecular weight excluding hydrogens is 340 g/mol. The van der Waals surface area contributed by atoms with Gasteiger partial charge in [-0.1, -0.05) is 23.7 Å². The zero-order valence-electron chi connectivity index (χ0n) is 14.1. The van der Waals surface area contributed by atoms with Gasteiger partial charge in [0.1, 0.15) is 5.75 Å². The number of hydrogen-bond donors (Lipinski definition) is 2.